The van der Waals surface area contributed by atoms with Crippen LogP contribution in [0.25, 0.3) is 0 Å². The Bertz CT molecular complexity index is 420. The molecule has 1 unspecified atom stereocenters. The van der Waals surface area contributed by atoms with Crippen LogP contribution in [0.2, 0.25) is 0 Å². The first-order valence-electron chi connectivity index (χ1n) is 7.59. The van der Waals surface area contributed by atoms with E-state index in [1.807, 2.05) is 46.1 Å². The first-order valence-corrected chi connectivity index (χ1v) is 7.59. The number of esters is 1. The molecular formula is C17H28N2O2. The molecule has 0 fully saturated rings. The zero-order valence-corrected chi connectivity index (χ0v) is 13.7. The van der Waals surface area contributed by atoms with Crippen molar-refractivity contribution in [1.82, 2.24) is 10.2 Å². The topological polar surface area (TPSA) is 41.6 Å². The first kappa shape index (κ1) is 17.7. The van der Waals surface area contributed by atoms with Crippen LogP contribution in [-0.4, -0.2) is 50.2 Å². The van der Waals surface area contributed by atoms with Crippen LogP contribution in [0.5, 0.6) is 0 Å². The molecule has 0 spiro atoms. The van der Waals surface area contributed by atoms with Crippen LogP contribution >= 0.6 is 0 Å². The van der Waals surface area contributed by atoms with Gasteiger partial charge in [0.2, 0.25) is 0 Å². The monoisotopic (exact) mass is 292 g/mol. The number of likely N-dealkylation sites (N-methyl/N-ethyl adjacent to an activating group) is 1. The summed E-state index contributed by atoms with van der Waals surface area (Å²) in [7, 11) is 4.04. The Kier molecular flexibility index (Phi) is 7.40. The molecule has 0 bridgehead atoms. The Morgan fingerprint density at radius 3 is 2.52 bits per heavy atom. The number of ether oxygens (including phenoxy) is 1. The fourth-order valence-electron chi connectivity index (χ4n) is 2.15. The second kappa shape index (κ2) is 8.80. The molecule has 1 N–H and O–H groups in total. The molecule has 1 aromatic rings. The Labute approximate surface area is 128 Å². The zero-order chi connectivity index (χ0) is 15.7. The van der Waals surface area contributed by atoms with Crippen molar-refractivity contribution >= 4 is 5.97 Å². The van der Waals surface area contributed by atoms with Crippen LogP contribution < -0.4 is 5.32 Å². The van der Waals surface area contributed by atoms with Gasteiger partial charge in [-0.2, -0.15) is 0 Å². The number of hydrogen-bond acceptors (Lipinski definition) is 4. The highest BCUT2D eigenvalue weighted by molar-refractivity contribution is 5.80. The van der Waals surface area contributed by atoms with E-state index in [-0.39, 0.29) is 5.97 Å². The number of carbonyl (C=O) groups excluding carboxylic acids is 1. The lowest BCUT2D eigenvalue weighted by molar-refractivity contribution is -0.150. The predicted octanol–water partition coefficient (Wildman–Crippen LogP) is 2.09. The average Bonchev–Trinajstić information content (AvgIpc) is 2.46. The highest BCUT2D eigenvalue weighted by atomic mass is 16.5. The minimum Gasteiger partial charge on any atom is -0.465 e. The van der Waals surface area contributed by atoms with Crippen molar-refractivity contribution in [1.29, 1.82) is 0 Å². The fourth-order valence-corrected chi connectivity index (χ4v) is 2.15. The summed E-state index contributed by atoms with van der Waals surface area (Å²) in [5, 5.41) is 3.37. The smallest absolute Gasteiger partial charge is 0.326 e. The van der Waals surface area contributed by atoms with Gasteiger partial charge in [-0.1, -0.05) is 30.3 Å². The van der Waals surface area contributed by atoms with Crippen molar-refractivity contribution in [3.63, 3.8) is 0 Å². The number of hydrogen-bond donors (Lipinski definition) is 1. The summed E-state index contributed by atoms with van der Waals surface area (Å²) in [5.74, 6) is -0.167. The number of benzene rings is 1. The van der Waals surface area contributed by atoms with E-state index >= 15 is 0 Å². The van der Waals surface area contributed by atoms with Crippen LogP contribution in [-0.2, 0) is 16.0 Å². The van der Waals surface area contributed by atoms with Gasteiger partial charge in [0.25, 0.3) is 0 Å². The predicted molar refractivity (Wildman–Crippen MR) is 86.4 cm³/mol. The highest BCUT2D eigenvalue weighted by Gasteiger charge is 2.33. The lowest BCUT2D eigenvalue weighted by Crippen LogP contribution is -2.52. The third kappa shape index (κ3) is 6.27. The lowest BCUT2D eigenvalue weighted by atomic mass is 9.93. The molecule has 0 amide bonds. The van der Waals surface area contributed by atoms with Gasteiger partial charge in [-0.15, -0.1) is 0 Å². The molecule has 21 heavy (non-hydrogen) atoms. The van der Waals surface area contributed by atoms with Crippen LogP contribution in [0.15, 0.2) is 30.3 Å². The van der Waals surface area contributed by atoms with E-state index < -0.39 is 5.54 Å². The molecule has 1 atom stereocenters. The molecule has 4 nitrogen and oxygen atoms in total. The largest absolute Gasteiger partial charge is 0.465 e. The number of carbonyl (C=O) groups is 1. The summed E-state index contributed by atoms with van der Waals surface area (Å²) < 4.78 is 5.24. The maximum Gasteiger partial charge on any atom is 0.326 e. The summed E-state index contributed by atoms with van der Waals surface area (Å²) >= 11 is 0. The average molecular weight is 292 g/mol. The van der Waals surface area contributed by atoms with Crippen molar-refractivity contribution < 1.29 is 9.53 Å². The molecule has 1 rings (SSSR count). The summed E-state index contributed by atoms with van der Waals surface area (Å²) in [6.45, 7) is 5.84. The molecule has 0 aliphatic carbocycles. The molecule has 0 heterocycles. The summed E-state index contributed by atoms with van der Waals surface area (Å²) in [5.41, 5.74) is 0.601. The molecular weight excluding hydrogens is 264 g/mol. The second-order valence-corrected chi connectivity index (χ2v) is 5.77. The maximum atomic E-state index is 12.3. The van der Waals surface area contributed by atoms with E-state index in [9.17, 15) is 4.79 Å². The van der Waals surface area contributed by atoms with Crippen molar-refractivity contribution in [3.8, 4) is 0 Å². The number of aryl methyl sites for hydroxylation is 1. The van der Waals surface area contributed by atoms with Gasteiger partial charge in [-0.3, -0.25) is 4.79 Å². The molecule has 4 heteroatoms. The van der Waals surface area contributed by atoms with Gasteiger partial charge < -0.3 is 15.0 Å². The van der Waals surface area contributed by atoms with Gasteiger partial charge in [0.05, 0.1) is 6.61 Å². The van der Waals surface area contributed by atoms with Gasteiger partial charge in [-0.25, -0.2) is 0 Å². The summed E-state index contributed by atoms with van der Waals surface area (Å²) in [6.07, 6.45) is 1.58. The Morgan fingerprint density at radius 2 is 1.95 bits per heavy atom. The highest BCUT2D eigenvalue weighted by Crippen LogP contribution is 2.16. The molecule has 0 radical (unpaired) electrons. The van der Waals surface area contributed by atoms with E-state index in [2.05, 4.69) is 22.3 Å². The van der Waals surface area contributed by atoms with E-state index in [1.54, 1.807) is 0 Å². The molecule has 0 aliphatic rings. The number of rotatable bonds is 9. The molecule has 0 saturated heterocycles. The molecule has 1 aromatic carbocycles. The standard InChI is InChI=1S/C17H28N2O2/c1-5-21-16(20)17(2,18-13-14-19(3)4)12-11-15-9-7-6-8-10-15/h6-10,18H,5,11-14H2,1-4H3. The van der Waals surface area contributed by atoms with Crippen LogP contribution in [0.1, 0.15) is 25.8 Å². The third-order valence-electron chi connectivity index (χ3n) is 3.56. The Morgan fingerprint density at radius 1 is 1.29 bits per heavy atom. The minimum atomic E-state index is -0.637. The SMILES string of the molecule is CCOC(=O)C(C)(CCc1ccccc1)NCCN(C)C. The van der Waals surface area contributed by atoms with E-state index in [1.165, 1.54) is 5.56 Å². The second-order valence-electron chi connectivity index (χ2n) is 5.77. The first-order chi connectivity index (χ1) is 9.98. The van der Waals surface area contributed by atoms with Gasteiger partial charge in [0, 0.05) is 13.1 Å². The molecule has 118 valence electrons. The van der Waals surface area contributed by atoms with Crippen molar-refractivity contribution in [2.75, 3.05) is 33.8 Å². The third-order valence-corrected chi connectivity index (χ3v) is 3.56. The van der Waals surface area contributed by atoms with Crippen LogP contribution in [0.4, 0.5) is 0 Å². The lowest BCUT2D eigenvalue weighted by Gasteiger charge is -2.29. The van der Waals surface area contributed by atoms with E-state index in [0.29, 0.717) is 6.61 Å². The Balaban J connectivity index is 2.64. The number of nitrogens with zero attached hydrogens (tertiary/aromatic N) is 1. The normalized spacial score (nSPS) is 14.0. The number of nitrogens with one attached hydrogen (secondary N) is 1. The van der Waals surface area contributed by atoms with Crippen molar-refractivity contribution in [2.45, 2.75) is 32.2 Å². The molecule has 0 saturated carbocycles. The van der Waals surface area contributed by atoms with Gasteiger partial charge >= 0.3 is 5.97 Å². The van der Waals surface area contributed by atoms with E-state index in [4.69, 9.17) is 4.74 Å². The fraction of sp³-hybridized carbons (Fsp3) is 0.588. The summed E-state index contributed by atoms with van der Waals surface area (Å²) in [4.78, 5) is 14.4. The van der Waals surface area contributed by atoms with Crippen LogP contribution in [0, 0.1) is 0 Å². The van der Waals surface area contributed by atoms with Gasteiger partial charge in [-0.05, 0) is 46.3 Å². The van der Waals surface area contributed by atoms with Gasteiger partial charge in [0.15, 0.2) is 0 Å². The Hall–Kier alpha value is -1.39. The van der Waals surface area contributed by atoms with Crippen molar-refractivity contribution in [3.05, 3.63) is 35.9 Å². The maximum absolute atomic E-state index is 12.3. The van der Waals surface area contributed by atoms with E-state index in [0.717, 1.165) is 25.9 Å². The molecule has 0 aliphatic heterocycles. The minimum absolute atomic E-state index is 0.167. The zero-order valence-electron chi connectivity index (χ0n) is 13.7. The molecule has 0 aromatic heterocycles. The summed E-state index contributed by atoms with van der Waals surface area (Å²) in [6, 6.07) is 10.2. The quantitative estimate of drug-likeness (QED) is 0.708. The van der Waals surface area contributed by atoms with Crippen LogP contribution in [0.3, 0.4) is 0 Å². The van der Waals surface area contributed by atoms with Gasteiger partial charge in [0.1, 0.15) is 5.54 Å². The van der Waals surface area contributed by atoms with Crippen molar-refractivity contribution in [2.24, 2.45) is 0 Å².